The standard InChI is InChI=1S/C32H41NO5/c1-31(2)20-26(24-13-11-22(35-5)18-28(24)37-31)27-21-32(3,4)38-29-19-23(12-14-25(27)29)36-17-9-10-30(34)33-15-7-6-8-16-33/h11-14,18-19H,6-10,15-17,20-21H2,1-5H3/b27-26+. The molecule has 0 radical (unpaired) electrons. The van der Waals surface area contributed by atoms with Gasteiger partial charge in [-0.2, -0.15) is 0 Å². The van der Waals surface area contributed by atoms with E-state index in [4.69, 9.17) is 18.9 Å². The van der Waals surface area contributed by atoms with Gasteiger partial charge < -0.3 is 23.8 Å². The first-order valence-electron chi connectivity index (χ1n) is 14.0. The van der Waals surface area contributed by atoms with Crippen LogP contribution in [-0.4, -0.2) is 48.8 Å². The minimum Gasteiger partial charge on any atom is -0.497 e. The summed E-state index contributed by atoms with van der Waals surface area (Å²) in [5, 5.41) is 0. The molecule has 0 aliphatic carbocycles. The van der Waals surface area contributed by atoms with Gasteiger partial charge in [-0.3, -0.25) is 4.79 Å². The normalized spacial score (nSPS) is 21.4. The monoisotopic (exact) mass is 519 g/mol. The van der Waals surface area contributed by atoms with Crippen LogP contribution in [0.3, 0.4) is 0 Å². The van der Waals surface area contributed by atoms with E-state index in [2.05, 4.69) is 39.8 Å². The lowest BCUT2D eigenvalue weighted by atomic mass is 9.79. The van der Waals surface area contributed by atoms with Gasteiger partial charge in [0.1, 0.15) is 34.2 Å². The molecule has 2 aromatic carbocycles. The van der Waals surface area contributed by atoms with Gasteiger partial charge in [-0.05, 0) is 88.8 Å². The van der Waals surface area contributed by atoms with Crippen molar-refractivity contribution in [3.8, 4) is 23.0 Å². The molecule has 0 unspecified atom stereocenters. The minimum atomic E-state index is -0.357. The highest BCUT2D eigenvalue weighted by molar-refractivity contribution is 5.96. The summed E-state index contributed by atoms with van der Waals surface area (Å²) in [7, 11) is 1.68. The van der Waals surface area contributed by atoms with E-state index in [0.717, 1.165) is 72.9 Å². The number of nitrogens with zero attached hydrogens (tertiary/aromatic N) is 1. The Balaban J connectivity index is 1.37. The first-order valence-corrected chi connectivity index (χ1v) is 14.0. The van der Waals surface area contributed by atoms with E-state index in [-0.39, 0.29) is 17.1 Å². The number of hydrogen-bond acceptors (Lipinski definition) is 5. The van der Waals surface area contributed by atoms with Gasteiger partial charge in [0.25, 0.3) is 0 Å². The SMILES string of the molecule is COc1ccc2c(c1)OC(C)(C)C/C2=C1/CC(C)(C)Oc2cc(OCCCC(=O)N3CCCCC3)ccc21. The van der Waals surface area contributed by atoms with Crippen LogP contribution in [0.25, 0.3) is 11.1 Å². The number of amides is 1. The summed E-state index contributed by atoms with van der Waals surface area (Å²) >= 11 is 0. The molecule has 2 aromatic rings. The molecular formula is C32H41NO5. The summed E-state index contributed by atoms with van der Waals surface area (Å²) < 4.78 is 24.4. The van der Waals surface area contributed by atoms with Crippen LogP contribution >= 0.6 is 0 Å². The van der Waals surface area contributed by atoms with Gasteiger partial charge in [-0.1, -0.05) is 0 Å². The smallest absolute Gasteiger partial charge is 0.222 e. The van der Waals surface area contributed by atoms with E-state index in [1.165, 1.54) is 17.6 Å². The molecule has 1 fully saturated rings. The zero-order valence-corrected chi connectivity index (χ0v) is 23.5. The van der Waals surface area contributed by atoms with E-state index in [0.29, 0.717) is 19.4 Å². The molecule has 6 heteroatoms. The number of hydrogen-bond donors (Lipinski definition) is 0. The predicted octanol–water partition coefficient (Wildman–Crippen LogP) is 6.90. The fraction of sp³-hybridized carbons (Fsp3) is 0.531. The lowest BCUT2D eigenvalue weighted by molar-refractivity contribution is -0.132. The molecule has 0 saturated carbocycles. The maximum atomic E-state index is 12.5. The van der Waals surface area contributed by atoms with Crippen molar-refractivity contribution in [1.82, 2.24) is 4.90 Å². The van der Waals surface area contributed by atoms with Gasteiger partial charge in [0, 0.05) is 55.6 Å². The van der Waals surface area contributed by atoms with Crippen LogP contribution in [0.5, 0.6) is 23.0 Å². The fourth-order valence-corrected chi connectivity index (χ4v) is 5.85. The molecule has 0 bridgehead atoms. The van der Waals surface area contributed by atoms with E-state index >= 15 is 0 Å². The molecule has 0 atom stereocenters. The third-order valence-corrected chi connectivity index (χ3v) is 7.65. The van der Waals surface area contributed by atoms with Crippen molar-refractivity contribution in [2.75, 3.05) is 26.8 Å². The van der Waals surface area contributed by atoms with Gasteiger partial charge >= 0.3 is 0 Å². The van der Waals surface area contributed by atoms with Gasteiger partial charge in [0.05, 0.1) is 13.7 Å². The second-order valence-corrected chi connectivity index (χ2v) is 11.9. The van der Waals surface area contributed by atoms with Crippen molar-refractivity contribution in [3.05, 3.63) is 47.5 Å². The van der Waals surface area contributed by atoms with Crippen molar-refractivity contribution in [2.24, 2.45) is 0 Å². The van der Waals surface area contributed by atoms with Crippen molar-refractivity contribution in [2.45, 2.75) is 83.8 Å². The number of methoxy groups -OCH3 is 1. The molecule has 0 aromatic heterocycles. The maximum Gasteiger partial charge on any atom is 0.222 e. The lowest BCUT2D eigenvalue weighted by Crippen LogP contribution is -2.35. The van der Waals surface area contributed by atoms with Gasteiger partial charge in [0.15, 0.2) is 0 Å². The van der Waals surface area contributed by atoms with E-state index in [1.54, 1.807) is 7.11 Å². The summed E-state index contributed by atoms with van der Waals surface area (Å²) in [6.07, 6.45) is 6.33. The minimum absolute atomic E-state index is 0.248. The lowest BCUT2D eigenvalue weighted by Gasteiger charge is -2.39. The van der Waals surface area contributed by atoms with Crippen molar-refractivity contribution in [3.63, 3.8) is 0 Å². The second kappa shape index (κ2) is 10.5. The quantitative estimate of drug-likeness (QED) is 0.389. The van der Waals surface area contributed by atoms with Gasteiger partial charge in [0.2, 0.25) is 5.91 Å². The van der Waals surface area contributed by atoms with Crippen LogP contribution in [0.15, 0.2) is 36.4 Å². The molecule has 1 saturated heterocycles. The maximum absolute atomic E-state index is 12.5. The van der Waals surface area contributed by atoms with Crippen molar-refractivity contribution in [1.29, 1.82) is 0 Å². The van der Waals surface area contributed by atoms with Crippen LogP contribution < -0.4 is 18.9 Å². The van der Waals surface area contributed by atoms with Crippen molar-refractivity contribution < 1.29 is 23.7 Å². The Morgan fingerprint density at radius 2 is 1.39 bits per heavy atom. The van der Waals surface area contributed by atoms with Crippen LogP contribution in [0, 0.1) is 0 Å². The molecule has 3 aliphatic rings. The number of fused-ring (bicyclic) bond motifs is 2. The summed E-state index contributed by atoms with van der Waals surface area (Å²) in [5.41, 5.74) is 4.11. The Labute approximate surface area is 226 Å². The highest BCUT2D eigenvalue weighted by Gasteiger charge is 2.37. The Bertz CT molecular complexity index is 1220. The zero-order valence-electron chi connectivity index (χ0n) is 23.5. The Morgan fingerprint density at radius 1 is 0.842 bits per heavy atom. The topological polar surface area (TPSA) is 57.2 Å². The number of likely N-dealkylation sites (tertiary alicyclic amines) is 1. The molecule has 5 rings (SSSR count). The van der Waals surface area contributed by atoms with E-state index < -0.39 is 0 Å². The summed E-state index contributed by atoms with van der Waals surface area (Å²) in [6, 6.07) is 12.2. The third kappa shape index (κ3) is 5.79. The number of benzene rings is 2. The molecule has 3 heterocycles. The Kier molecular flexibility index (Phi) is 7.34. The van der Waals surface area contributed by atoms with Crippen LogP contribution in [0.4, 0.5) is 0 Å². The Hall–Kier alpha value is -3.15. The first-order chi connectivity index (χ1) is 18.1. The summed E-state index contributed by atoms with van der Waals surface area (Å²) in [5.74, 6) is 3.50. The number of piperidine rings is 1. The van der Waals surface area contributed by atoms with Crippen LogP contribution in [-0.2, 0) is 4.79 Å². The van der Waals surface area contributed by atoms with E-state index in [9.17, 15) is 4.79 Å². The third-order valence-electron chi connectivity index (χ3n) is 7.65. The van der Waals surface area contributed by atoms with Crippen LogP contribution in [0.2, 0.25) is 0 Å². The van der Waals surface area contributed by atoms with E-state index in [1.807, 2.05) is 29.2 Å². The summed E-state index contributed by atoms with van der Waals surface area (Å²) in [6.45, 7) is 10.8. The second-order valence-electron chi connectivity index (χ2n) is 11.9. The molecule has 204 valence electrons. The van der Waals surface area contributed by atoms with Gasteiger partial charge in [-0.15, -0.1) is 0 Å². The highest BCUT2D eigenvalue weighted by Crippen LogP contribution is 2.50. The molecule has 0 N–H and O–H groups in total. The number of ether oxygens (including phenoxy) is 4. The molecule has 38 heavy (non-hydrogen) atoms. The molecule has 1 amide bonds. The molecule has 0 spiro atoms. The average molecular weight is 520 g/mol. The Morgan fingerprint density at radius 3 is 1.97 bits per heavy atom. The number of carbonyl (C=O) groups is 1. The predicted molar refractivity (Wildman–Crippen MR) is 150 cm³/mol. The average Bonchev–Trinajstić information content (AvgIpc) is 2.89. The fourth-order valence-electron chi connectivity index (χ4n) is 5.85. The van der Waals surface area contributed by atoms with Gasteiger partial charge in [-0.25, -0.2) is 0 Å². The molecule has 3 aliphatic heterocycles. The summed E-state index contributed by atoms with van der Waals surface area (Å²) in [4.78, 5) is 14.5. The zero-order chi connectivity index (χ0) is 26.9. The highest BCUT2D eigenvalue weighted by atomic mass is 16.5. The van der Waals surface area contributed by atoms with Crippen molar-refractivity contribution >= 4 is 17.1 Å². The molecular weight excluding hydrogens is 478 g/mol. The first kappa shape index (κ1) is 26.5. The largest absolute Gasteiger partial charge is 0.497 e. The van der Waals surface area contributed by atoms with Crippen LogP contribution in [0.1, 0.15) is 83.8 Å². The number of carbonyl (C=O) groups excluding carboxylic acids is 1. The molecule has 6 nitrogen and oxygen atoms in total. The number of rotatable bonds is 6.